The Kier molecular flexibility index (Phi) is 5.29. The quantitative estimate of drug-likeness (QED) is 0.734. The lowest BCUT2D eigenvalue weighted by Crippen LogP contribution is -2.50. The Labute approximate surface area is 150 Å². The molecule has 8 nitrogen and oxygen atoms in total. The van der Waals surface area contributed by atoms with Crippen LogP contribution in [0.2, 0.25) is 0 Å². The van der Waals surface area contributed by atoms with Gasteiger partial charge < -0.3 is 14.8 Å². The van der Waals surface area contributed by atoms with Crippen LogP contribution in [0.15, 0.2) is 29.1 Å². The van der Waals surface area contributed by atoms with Crippen molar-refractivity contribution in [1.29, 1.82) is 0 Å². The van der Waals surface area contributed by atoms with E-state index in [-0.39, 0.29) is 0 Å². The fourth-order valence-electron chi connectivity index (χ4n) is 3.42. The van der Waals surface area contributed by atoms with E-state index in [9.17, 15) is 19.5 Å². The van der Waals surface area contributed by atoms with Crippen LogP contribution in [0.5, 0.6) is 0 Å². The van der Waals surface area contributed by atoms with E-state index in [1.165, 1.54) is 4.90 Å². The smallest absolute Gasteiger partial charge is 0.278 e. The lowest BCUT2D eigenvalue weighted by atomic mass is 10.1. The van der Waals surface area contributed by atoms with E-state index in [2.05, 4.69) is 10.3 Å². The van der Waals surface area contributed by atoms with Gasteiger partial charge in [0.25, 0.3) is 5.56 Å². The Bertz CT molecular complexity index is 879. The number of carbonyl (C=O) groups is 2. The van der Waals surface area contributed by atoms with Gasteiger partial charge in [0, 0.05) is 6.54 Å². The number of hydrogen-bond donors (Lipinski definition) is 0. The van der Waals surface area contributed by atoms with E-state index in [1.807, 2.05) is 6.92 Å². The van der Waals surface area contributed by atoms with Gasteiger partial charge in [-0.25, -0.2) is 0 Å². The number of carbonyl (C=O) groups excluding carboxylic acids is 2. The number of amides is 1. The van der Waals surface area contributed by atoms with Crippen LogP contribution in [0.25, 0.3) is 10.9 Å². The fraction of sp³-hybridized carbons (Fsp3) is 0.500. The molecule has 1 aliphatic heterocycles. The Hall–Kier alpha value is -2.77. The van der Waals surface area contributed by atoms with E-state index in [1.54, 1.807) is 24.3 Å². The number of benzene rings is 1. The summed E-state index contributed by atoms with van der Waals surface area (Å²) in [4.78, 5) is 38.5. The molecule has 0 bridgehead atoms. The van der Waals surface area contributed by atoms with Crippen LogP contribution in [0.1, 0.15) is 45.1 Å². The third-order valence-electron chi connectivity index (χ3n) is 4.81. The number of unbranched alkanes of at least 4 members (excludes halogenated alkanes) is 1. The van der Waals surface area contributed by atoms with Gasteiger partial charge in [-0.3, -0.25) is 9.59 Å². The van der Waals surface area contributed by atoms with Gasteiger partial charge in [0.15, 0.2) is 0 Å². The molecule has 2 atom stereocenters. The second-order valence-electron chi connectivity index (χ2n) is 6.52. The SMILES string of the molecule is CCCC[C@H](C(=O)N1CCC[C@@H]1C(=O)[O-])n1nnc2ccccc2c1=O. The zero-order valence-electron chi connectivity index (χ0n) is 14.6. The largest absolute Gasteiger partial charge is 0.548 e. The van der Waals surface area contributed by atoms with Crippen molar-refractivity contribution in [2.75, 3.05) is 6.54 Å². The zero-order chi connectivity index (χ0) is 18.7. The first kappa shape index (κ1) is 18.0. The average Bonchev–Trinajstić information content (AvgIpc) is 3.13. The molecule has 0 N–H and O–H groups in total. The van der Waals surface area contributed by atoms with Crippen molar-refractivity contribution < 1.29 is 14.7 Å². The third-order valence-corrected chi connectivity index (χ3v) is 4.81. The standard InChI is InChI=1S/C18H22N4O4/c1-2-3-9-14(17(24)21-11-6-10-15(21)18(25)26)22-16(23)12-7-4-5-8-13(12)19-20-22/h4-5,7-8,14-15H,2-3,6,9-11H2,1H3,(H,25,26)/p-1/t14-,15-/m1/s1. The Morgan fingerprint density at radius 1 is 1.35 bits per heavy atom. The van der Waals surface area contributed by atoms with Crippen LogP contribution in [0, 0.1) is 0 Å². The van der Waals surface area contributed by atoms with E-state index in [0.29, 0.717) is 43.1 Å². The molecule has 8 heteroatoms. The first-order chi connectivity index (χ1) is 12.5. The van der Waals surface area contributed by atoms with E-state index >= 15 is 0 Å². The predicted molar refractivity (Wildman–Crippen MR) is 92.1 cm³/mol. The second kappa shape index (κ2) is 7.63. The number of hydrogen-bond acceptors (Lipinski definition) is 6. The number of aliphatic carboxylic acids is 1. The average molecular weight is 357 g/mol. The van der Waals surface area contributed by atoms with Crippen LogP contribution < -0.4 is 10.7 Å². The molecule has 1 aromatic heterocycles. The van der Waals surface area contributed by atoms with Crippen LogP contribution in [0.3, 0.4) is 0 Å². The lowest BCUT2D eigenvalue weighted by molar-refractivity contribution is -0.310. The molecule has 2 aromatic rings. The summed E-state index contributed by atoms with van der Waals surface area (Å²) >= 11 is 0. The van der Waals surface area contributed by atoms with Gasteiger partial charge in [-0.05, 0) is 31.4 Å². The Morgan fingerprint density at radius 3 is 2.85 bits per heavy atom. The van der Waals surface area contributed by atoms with E-state index < -0.39 is 29.5 Å². The molecule has 1 aliphatic rings. The number of fused-ring (bicyclic) bond motifs is 1. The number of carboxylic acids is 1. The molecule has 0 spiro atoms. The maximum absolute atomic E-state index is 13.1. The summed E-state index contributed by atoms with van der Waals surface area (Å²) < 4.78 is 1.10. The second-order valence-corrected chi connectivity index (χ2v) is 6.52. The van der Waals surface area contributed by atoms with Crippen molar-refractivity contribution in [3.05, 3.63) is 34.6 Å². The van der Waals surface area contributed by atoms with Gasteiger partial charge >= 0.3 is 0 Å². The summed E-state index contributed by atoms with van der Waals surface area (Å²) in [7, 11) is 0. The molecule has 0 radical (unpaired) electrons. The fourth-order valence-corrected chi connectivity index (χ4v) is 3.42. The van der Waals surface area contributed by atoms with Crippen molar-refractivity contribution in [3.8, 4) is 0 Å². The van der Waals surface area contributed by atoms with Crippen LogP contribution in [-0.2, 0) is 9.59 Å². The molecular weight excluding hydrogens is 336 g/mol. The molecule has 1 saturated heterocycles. The van der Waals surface area contributed by atoms with Gasteiger partial charge in [-0.1, -0.05) is 37.1 Å². The summed E-state index contributed by atoms with van der Waals surface area (Å²) in [5.41, 5.74) is 0.0680. The minimum atomic E-state index is -1.26. The number of rotatable bonds is 6. The number of nitrogens with zero attached hydrogens (tertiary/aromatic N) is 4. The Morgan fingerprint density at radius 2 is 2.12 bits per heavy atom. The highest BCUT2D eigenvalue weighted by molar-refractivity contribution is 5.86. The number of aromatic nitrogens is 3. The van der Waals surface area contributed by atoms with Gasteiger partial charge in [0.05, 0.1) is 17.4 Å². The molecule has 138 valence electrons. The molecule has 1 fully saturated rings. The van der Waals surface area contributed by atoms with Crippen molar-refractivity contribution in [2.45, 2.75) is 51.1 Å². The molecule has 1 aromatic carbocycles. The maximum atomic E-state index is 13.1. The number of carboxylic acid groups (broad SMARTS) is 1. The minimum absolute atomic E-state index is 0.343. The van der Waals surface area contributed by atoms with Gasteiger partial charge in [-0.15, -0.1) is 5.10 Å². The molecule has 2 heterocycles. The predicted octanol–water partition coefficient (Wildman–Crippen LogP) is 0.264. The van der Waals surface area contributed by atoms with Gasteiger partial charge in [0.2, 0.25) is 5.91 Å². The molecule has 0 saturated carbocycles. The summed E-state index contributed by atoms with van der Waals surface area (Å²) in [6.07, 6.45) is 2.92. The monoisotopic (exact) mass is 357 g/mol. The molecule has 1 amide bonds. The van der Waals surface area contributed by atoms with Crippen molar-refractivity contribution in [1.82, 2.24) is 19.9 Å². The Balaban J connectivity index is 2.01. The van der Waals surface area contributed by atoms with E-state index in [0.717, 1.165) is 11.1 Å². The van der Waals surface area contributed by atoms with Gasteiger partial charge in [0.1, 0.15) is 11.6 Å². The summed E-state index contributed by atoms with van der Waals surface area (Å²) in [6.45, 7) is 2.33. The van der Waals surface area contributed by atoms with Crippen molar-refractivity contribution in [3.63, 3.8) is 0 Å². The molecule has 0 unspecified atom stereocenters. The van der Waals surface area contributed by atoms with Crippen LogP contribution >= 0.6 is 0 Å². The topological polar surface area (TPSA) is 108 Å². The first-order valence-electron chi connectivity index (χ1n) is 8.90. The summed E-state index contributed by atoms with van der Waals surface area (Å²) in [6, 6.07) is 5.00. The molecule has 26 heavy (non-hydrogen) atoms. The van der Waals surface area contributed by atoms with Crippen molar-refractivity contribution in [2.24, 2.45) is 0 Å². The molecule has 0 aliphatic carbocycles. The molecule has 3 rings (SSSR count). The minimum Gasteiger partial charge on any atom is -0.548 e. The highest BCUT2D eigenvalue weighted by Crippen LogP contribution is 2.24. The summed E-state index contributed by atoms with van der Waals surface area (Å²) in [5.74, 6) is -1.67. The first-order valence-corrected chi connectivity index (χ1v) is 8.90. The van der Waals surface area contributed by atoms with Gasteiger partial charge in [-0.2, -0.15) is 4.68 Å². The highest BCUT2D eigenvalue weighted by atomic mass is 16.4. The zero-order valence-corrected chi connectivity index (χ0v) is 14.6. The maximum Gasteiger partial charge on any atom is 0.278 e. The van der Waals surface area contributed by atoms with Crippen LogP contribution in [-0.4, -0.2) is 44.4 Å². The normalized spacial score (nSPS) is 18.2. The summed E-state index contributed by atoms with van der Waals surface area (Å²) in [5, 5.41) is 19.7. The molecular formula is C18H21N4O4-. The highest BCUT2D eigenvalue weighted by Gasteiger charge is 2.35. The number of likely N-dealkylation sites (tertiary alicyclic amines) is 1. The third kappa shape index (κ3) is 3.31. The van der Waals surface area contributed by atoms with Crippen LogP contribution in [0.4, 0.5) is 0 Å². The lowest BCUT2D eigenvalue weighted by Gasteiger charge is -2.29. The van der Waals surface area contributed by atoms with E-state index in [4.69, 9.17) is 0 Å². The van der Waals surface area contributed by atoms with Crippen molar-refractivity contribution >= 4 is 22.8 Å².